The fourth-order valence-electron chi connectivity index (χ4n) is 2.87. The molecule has 4 rings (SSSR count). The summed E-state index contributed by atoms with van der Waals surface area (Å²) in [6, 6.07) is 12.2. The molecule has 0 aliphatic heterocycles. The van der Waals surface area contributed by atoms with E-state index in [1.807, 2.05) is 19.1 Å². The third-order valence-corrected chi connectivity index (χ3v) is 5.28. The van der Waals surface area contributed by atoms with Gasteiger partial charge in [0.15, 0.2) is 11.5 Å². The number of hydrogen-bond donors (Lipinski definition) is 1. The van der Waals surface area contributed by atoms with E-state index in [0.717, 1.165) is 22.9 Å². The summed E-state index contributed by atoms with van der Waals surface area (Å²) < 4.78 is 16.4. The Kier molecular flexibility index (Phi) is 5.83. The Morgan fingerprint density at radius 1 is 1.13 bits per heavy atom. The molecule has 0 atom stereocenters. The number of halogens is 1. The number of carbonyl (C=O) groups excluding carboxylic acids is 1. The topological polar surface area (TPSA) is 104 Å². The first-order valence-corrected chi connectivity index (χ1v) is 10.2. The SMILES string of the molecule is COc1cc(OC)cc(C(=O)Nc2nc(-c3nnn(-c4cccc(Cl)c4)c3C)ns2)c1. The third-order valence-electron chi connectivity index (χ3n) is 4.42. The molecule has 4 aromatic rings. The first-order chi connectivity index (χ1) is 15.0. The molecular formula is C20H17ClN6O3S. The monoisotopic (exact) mass is 456 g/mol. The number of benzene rings is 2. The van der Waals surface area contributed by atoms with Crippen molar-refractivity contribution in [3.63, 3.8) is 0 Å². The highest BCUT2D eigenvalue weighted by Crippen LogP contribution is 2.26. The predicted molar refractivity (Wildman–Crippen MR) is 118 cm³/mol. The highest BCUT2D eigenvalue weighted by atomic mass is 35.5. The number of nitrogens with zero attached hydrogens (tertiary/aromatic N) is 5. The van der Waals surface area contributed by atoms with Crippen molar-refractivity contribution in [3.8, 4) is 28.7 Å². The zero-order valence-electron chi connectivity index (χ0n) is 16.8. The van der Waals surface area contributed by atoms with E-state index in [2.05, 4.69) is 25.0 Å². The van der Waals surface area contributed by atoms with Gasteiger partial charge in [-0.2, -0.15) is 9.36 Å². The number of rotatable bonds is 6. The van der Waals surface area contributed by atoms with Gasteiger partial charge in [-0.15, -0.1) is 5.10 Å². The summed E-state index contributed by atoms with van der Waals surface area (Å²) in [7, 11) is 3.04. The number of methoxy groups -OCH3 is 2. The molecule has 2 heterocycles. The van der Waals surface area contributed by atoms with Crippen molar-refractivity contribution >= 4 is 34.2 Å². The molecule has 0 aliphatic carbocycles. The van der Waals surface area contributed by atoms with Gasteiger partial charge in [-0.25, -0.2) is 4.68 Å². The molecule has 0 spiro atoms. The van der Waals surface area contributed by atoms with Gasteiger partial charge in [0, 0.05) is 28.2 Å². The average molecular weight is 457 g/mol. The van der Waals surface area contributed by atoms with Gasteiger partial charge in [0.2, 0.25) is 5.13 Å². The molecule has 0 fully saturated rings. The lowest BCUT2D eigenvalue weighted by molar-refractivity contribution is 0.102. The molecule has 9 nitrogen and oxygen atoms in total. The maximum Gasteiger partial charge on any atom is 0.257 e. The first kappa shape index (κ1) is 20.8. The van der Waals surface area contributed by atoms with Gasteiger partial charge in [-0.05, 0) is 37.3 Å². The van der Waals surface area contributed by atoms with E-state index in [1.165, 1.54) is 14.2 Å². The lowest BCUT2D eigenvalue weighted by atomic mass is 10.2. The Balaban J connectivity index is 1.56. The summed E-state index contributed by atoms with van der Waals surface area (Å²) in [5.41, 5.74) is 2.41. The number of aromatic nitrogens is 5. The number of carbonyl (C=O) groups is 1. The van der Waals surface area contributed by atoms with Crippen molar-refractivity contribution in [2.75, 3.05) is 19.5 Å². The number of hydrogen-bond acceptors (Lipinski definition) is 8. The minimum atomic E-state index is -0.362. The van der Waals surface area contributed by atoms with Crippen LogP contribution in [0.3, 0.4) is 0 Å². The van der Waals surface area contributed by atoms with Crippen LogP contribution in [0.4, 0.5) is 5.13 Å². The molecule has 1 amide bonds. The van der Waals surface area contributed by atoms with E-state index in [9.17, 15) is 4.79 Å². The Bertz CT molecular complexity index is 1230. The normalized spacial score (nSPS) is 10.7. The molecule has 2 aromatic heterocycles. The van der Waals surface area contributed by atoms with Gasteiger partial charge in [-0.1, -0.05) is 22.9 Å². The molecule has 1 N–H and O–H groups in total. The Morgan fingerprint density at radius 2 is 1.87 bits per heavy atom. The number of ether oxygens (including phenoxy) is 2. The molecule has 0 radical (unpaired) electrons. The lowest BCUT2D eigenvalue weighted by Crippen LogP contribution is -2.12. The fraction of sp³-hybridized carbons (Fsp3) is 0.150. The van der Waals surface area contributed by atoms with Crippen LogP contribution in [0.2, 0.25) is 5.02 Å². The maximum atomic E-state index is 12.7. The van der Waals surface area contributed by atoms with E-state index in [-0.39, 0.29) is 5.91 Å². The molecule has 2 aromatic carbocycles. The molecule has 0 saturated carbocycles. The van der Waals surface area contributed by atoms with Crippen molar-refractivity contribution in [3.05, 3.63) is 58.7 Å². The summed E-state index contributed by atoms with van der Waals surface area (Å²) in [6.07, 6.45) is 0. The van der Waals surface area contributed by atoms with Crippen molar-refractivity contribution in [2.45, 2.75) is 6.92 Å². The van der Waals surface area contributed by atoms with Gasteiger partial charge >= 0.3 is 0 Å². The quantitative estimate of drug-likeness (QED) is 0.467. The minimum absolute atomic E-state index is 0.332. The van der Waals surface area contributed by atoms with Gasteiger partial charge in [0.05, 0.1) is 25.6 Å². The van der Waals surface area contributed by atoms with Crippen molar-refractivity contribution in [1.29, 1.82) is 0 Å². The summed E-state index contributed by atoms with van der Waals surface area (Å²) in [5, 5.41) is 12.0. The predicted octanol–water partition coefficient (Wildman–Crippen LogP) is 4.02. The fourth-order valence-corrected chi connectivity index (χ4v) is 3.62. The summed E-state index contributed by atoms with van der Waals surface area (Å²) in [4.78, 5) is 17.0. The third kappa shape index (κ3) is 4.35. The molecule has 158 valence electrons. The molecular weight excluding hydrogens is 440 g/mol. The second kappa shape index (κ2) is 8.70. The standard InChI is InChI=1S/C20H17ClN6O3S/c1-11-17(24-26-27(11)14-6-4-5-13(21)9-14)18-22-20(31-25-18)23-19(28)12-7-15(29-2)10-16(8-12)30-3/h4-10H,1-3H3,(H,22,23,25,28). The van der Waals surface area contributed by atoms with Crippen LogP contribution in [-0.4, -0.2) is 44.5 Å². The van der Waals surface area contributed by atoms with E-state index < -0.39 is 0 Å². The highest BCUT2D eigenvalue weighted by molar-refractivity contribution is 7.10. The van der Waals surface area contributed by atoms with Gasteiger partial charge in [0.25, 0.3) is 5.91 Å². The van der Waals surface area contributed by atoms with Crippen LogP contribution in [0, 0.1) is 6.92 Å². The second-order valence-electron chi connectivity index (χ2n) is 6.39. The Hall–Kier alpha value is -3.50. The molecule has 11 heteroatoms. The summed E-state index contributed by atoms with van der Waals surface area (Å²) >= 11 is 7.12. The number of anilines is 1. The average Bonchev–Trinajstić information content (AvgIpc) is 3.39. The molecule has 0 saturated heterocycles. The summed E-state index contributed by atoms with van der Waals surface area (Å²) in [6.45, 7) is 1.86. The van der Waals surface area contributed by atoms with Crippen molar-refractivity contribution in [1.82, 2.24) is 24.4 Å². The molecule has 0 aliphatic rings. The van der Waals surface area contributed by atoms with E-state index in [4.69, 9.17) is 21.1 Å². The number of amides is 1. The Morgan fingerprint density at radius 3 is 2.55 bits per heavy atom. The van der Waals surface area contributed by atoms with Crippen LogP contribution in [0.25, 0.3) is 17.2 Å². The van der Waals surface area contributed by atoms with Crippen molar-refractivity contribution in [2.24, 2.45) is 0 Å². The van der Waals surface area contributed by atoms with E-state index in [1.54, 1.807) is 35.0 Å². The smallest absolute Gasteiger partial charge is 0.257 e. The lowest BCUT2D eigenvalue weighted by Gasteiger charge is -2.07. The van der Waals surface area contributed by atoms with E-state index >= 15 is 0 Å². The van der Waals surface area contributed by atoms with Crippen LogP contribution >= 0.6 is 23.1 Å². The van der Waals surface area contributed by atoms with Gasteiger partial charge in [0.1, 0.15) is 11.5 Å². The second-order valence-corrected chi connectivity index (χ2v) is 7.58. The highest BCUT2D eigenvalue weighted by Gasteiger charge is 2.18. The van der Waals surface area contributed by atoms with Crippen LogP contribution in [0.5, 0.6) is 11.5 Å². The molecule has 31 heavy (non-hydrogen) atoms. The Labute approximate surface area is 186 Å². The molecule has 0 bridgehead atoms. The zero-order chi connectivity index (χ0) is 22.0. The van der Waals surface area contributed by atoms with Gasteiger partial charge in [-0.3, -0.25) is 10.1 Å². The van der Waals surface area contributed by atoms with Gasteiger partial charge < -0.3 is 9.47 Å². The van der Waals surface area contributed by atoms with Crippen LogP contribution < -0.4 is 14.8 Å². The maximum absolute atomic E-state index is 12.7. The van der Waals surface area contributed by atoms with Crippen LogP contribution in [0.1, 0.15) is 16.1 Å². The minimum Gasteiger partial charge on any atom is -0.497 e. The summed E-state index contributed by atoms with van der Waals surface area (Å²) in [5.74, 6) is 1.03. The van der Waals surface area contributed by atoms with Crippen LogP contribution in [-0.2, 0) is 0 Å². The van der Waals surface area contributed by atoms with Crippen LogP contribution in [0.15, 0.2) is 42.5 Å². The largest absolute Gasteiger partial charge is 0.497 e. The molecule has 0 unspecified atom stereocenters. The zero-order valence-corrected chi connectivity index (χ0v) is 18.4. The van der Waals surface area contributed by atoms with Crippen molar-refractivity contribution < 1.29 is 14.3 Å². The number of nitrogens with one attached hydrogen (secondary N) is 1. The van der Waals surface area contributed by atoms with E-state index in [0.29, 0.717) is 38.7 Å². The first-order valence-electron chi connectivity index (χ1n) is 9.05.